The molecule has 0 bridgehead atoms. The van der Waals surface area contributed by atoms with Crippen LogP contribution >= 0.6 is 0 Å². The van der Waals surface area contributed by atoms with Crippen molar-refractivity contribution in [2.75, 3.05) is 6.54 Å². The third-order valence-electron chi connectivity index (χ3n) is 5.63. The van der Waals surface area contributed by atoms with Gasteiger partial charge in [-0.3, -0.25) is 14.5 Å². The lowest BCUT2D eigenvalue weighted by Gasteiger charge is -2.22. The molecule has 1 aliphatic heterocycles. The standard InChI is InChI=1S/C22H22N2O3/c1-14-6-10-18(11-7-14)22(2)20(26)24(21(27)23-22)13-19(25)17-9-8-15-4-3-5-16(15)12-17/h6-12H,3-5,13H2,1-2H3,(H,23,27)/t22-/m0/s1. The number of aryl methyl sites for hydroxylation is 3. The van der Waals surface area contributed by atoms with Crippen molar-refractivity contribution < 1.29 is 14.4 Å². The molecule has 1 atom stereocenters. The van der Waals surface area contributed by atoms with Crippen LogP contribution in [0.5, 0.6) is 0 Å². The Balaban J connectivity index is 1.55. The molecule has 0 aromatic heterocycles. The Morgan fingerprint density at radius 2 is 1.78 bits per heavy atom. The first-order valence-electron chi connectivity index (χ1n) is 9.25. The number of Topliss-reactive ketones (excluding diaryl/α,β-unsaturated/α-hetero) is 1. The van der Waals surface area contributed by atoms with Gasteiger partial charge in [-0.2, -0.15) is 0 Å². The maximum absolute atomic E-state index is 13.0. The molecule has 1 heterocycles. The first-order valence-corrected chi connectivity index (χ1v) is 9.25. The Labute approximate surface area is 158 Å². The number of fused-ring (bicyclic) bond motifs is 1. The normalized spacial score (nSPS) is 21.3. The van der Waals surface area contributed by atoms with Gasteiger partial charge >= 0.3 is 6.03 Å². The molecule has 5 heteroatoms. The summed E-state index contributed by atoms with van der Waals surface area (Å²) in [6, 6.07) is 12.6. The molecule has 27 heavy (non-hydrogen) atoms. The lowest BCUT2D eigenvalue weighted by Crippen LogP contribution is -2.41. The second-order valence-corrected chi connectivity index (χ2v) is 7.57. The summed E-state index contributed by atoms with van der Waals surface area (Å²) in [6.07, 6.45) is 3.13. The molecule has 3 amide bonds. The van der Waals surface area contributed by atoms with Gasteiger partial charge < -0.3 is 5.32 Å². The van der Waals surface area contributed by atoms with Crippen LogP contribution < -0.4 is 5.32 Å². The molecule has 1 saturated heterocycles. The Morgan fingerprint density at radius 3 is 2.52 bits per heavy atom. The van der Waals surface area contributed by atoms with E-state index in [2.05, 4.69) is 5.32 Å². The van der Waals surface area contributed by atoms with Crippen LogP contribution in [-0.2, 0) is 23.2 Å². The Kier molecular flexibility index (Phi) is 4.10. The van der Waals surface area contributed by atoms with E-state index in [-0.39, 0.29) is 12.3 Å². The van der Waals surface area contributed by atoms with Gasteiger partial charge in [-0.25, -0.2) is 4.79 Å². The van der Waals surface area contributed by atoms with Crippen LogP contribution in [-0.4, -0.2) is 29.2 Å². The molecule has 0 spiro atoms. The van der Waals surface area contributed by atoms with Gasteiger partial charge in [0, 0.05) is 5.56 Å². The van der Waals surface area contributed by atoms with Crippen LogP contribution in [0.25, 0.3) is 0 Å². The van der Waals surface area contributed by atoms with Crippen molar-refractivity contribution in [2.24, 2.45) is 0 Å². The third kappa shape index (κ3) is 2.93. The monoisotopic (exact) mass is 362 g/mol. The average molecular weight is 362 g/mol. The summed E-state index contributed by atoms with van der Waals surface area (Å²) < 4.78 is 0. The van der Waals surface area contributed by atoms with Gasteiger partial charge in [0.25, 0.3) is 5.91 Å². The number of benzene rings is 2. The molecular weight excluding hydrogens is 340 g/mol. The molecule has 2 aromatic carbocycles. The van der Waals surface area contributed by atoms with Crippen molar-refractivity contribution in [1.29, 1.82) is 0 Å². The fourth-order valence-electron chi connectivity index (χ4n) is 3.90. The summed E-state index contributed by atoms with van der Waals surface area (Å²) in [7, 11) is 0. The number of urea groups is 1. The average Bonchev–Trinajstić information content (AvgIpc) is 3.20. The minimum absolute atomic E-state index is 0.221. The third-order valence-corrected chi connectivity index (χ3v) is 5.63. The summed E-state index contributed by atoms with van der Waals surface area (Å²) in [4.78, 5) is 39.1. The van der Waals surface area contributed by atoms with Gasteiger partial charge in [-0.1, -0.05) is 42.0 Å². The van der Waals surface area contributed by atoms with Crippen LogP contribution in [0, 0.1) is 6.92 Å². The summed E-state index contributed by atoms with van der Waals surface area (Å²) in [5, 5.41) is 2.75. The molecule has 2 aromatic rings. The second-order valence-electron chi connectivity index (χ2n) is 7.57. The number of amides is 3. The maximum Gasteiger partial charge on any atom is 0.325 e. The van der Waals surface area contributed by atoms with E-state index in [4.69, 9.17) is 0 Å². The van der Waals surface area contributed by atoms with Crippen molar-refractivity contribution in [1.82, 2.24) is 10.2 Å². The summed E-state index contributed by atoms with van der Waals surface area (Å²) in [6.45, 7) is 3.39. The molecule has 1 aliphatic carbocycles. The molecular formula is C22H22N2O3. The lowest BCUT2D eigenvalue weighted by molar-refractivity contribution is -0.130. The maximum atomic E-state index is 13.0. The van der Waals surface area contributed by atoms with E-state index in [1.165, 1.54) is 11.1 Å². The minimum atomic E-state index is -1.15. The number of hydrogen-bond donors (Lipinski definition) is 1. The number of nitrogens with one attached hydrogen (secondary N) is 1. The number of hydrogen-bond acceptors (Lipinski definition) is 3. The number of ketones is 1. The zero-order valence-corrected chi connectivity index (χ0v) is 15.5. The second kappa shape index (κ2) is 6.34. The fraction of sp³-hybridized carbons (Fsp3) is 0.318. The van der Waals surface area contributed by atoms with Crippen molar-refractivity contribution in [2.45, 2.75) is 38.6 Å². The smallest absolute Gasteiger partial charge is 0.319 e. The lowest BCUT2D eigenvalue weighted by atomic mass is 9.91. The highest BCUT2D eigenvalue weighted by molar-refractivity contribution is 6.11. The molecule has 5 nitrogen and oxygen atoms in total. The number of nitrogens with zero attached hydrogens (tertiary/aromatic N) is 1. The van der Waals surface area contributed by atoms with Crippen LogP contribution in [0.1, 0.15) is 46.0 Å². The van der Waals surface area contributed by atoms with Crippen molar-refractivity contribution in [3.63, 3.8) is 0 Å². The highest BCUT2D eigenvalue weighted by Crippen LogP contribution is 2.29. The number of imide groups is 1. The quantitative estimate of drug-likeness (QED) is 0.671. The Hall–Kier alpha value is -2.95. The van der Waals surface area contributed by atoms with E-state index in [0.717, 1.165) is 29.7 Å². The van der Waals surface area contributed by atoms with Gasteiger partial charge in [0.1, 0.15) is 5.54 Å². The Bertz CT molecular complexity index is 949. The molecule has 0 unspecified atom stereocenters. The summed E-state index contributed by atoms with van der Waals surface area (Å²) in [5.74, 6) is -0.618. The number of carbonyl (C=O) groups is 3. The van der Waals surface area contributed by atoms with Crippen LogP contribution in [0.4, 0.5) is 4.79 Å². The summed E-state index contributed by atoms with van der Waals surface area (Å²) >= 11 is 0. The van der Waals surface area contributed by atoms with E-state index in [1.54, 1.807) is 13.0 Å². The van der Waals surface area contributed by atoms with Crippen LogP contribution in [0.3, 0.4) is 0 Å². The zero-order chi connectivity index (χ0) is 19.2. The van der Waals surface area contributed by atoms with Crippen molar-refractivity contribution >= 4 is 17.7 Å². The molecule has 0 saturated carbocycles. The Morgan fingerprint density at radius 1 is 1.07 bits per heavy atom. The molecule has 2 aliphatic rings. The predicted molar refractivity (Wildman–Crippen MR) is 102 cm³/mol. The van der Waals surface area contributed by atoms with E-state index in [1.807, 2.05) is 43.3 Å². The van der Waals surface area contributed by atoms with Gasteiger partial charge in [-0.05, 0) is 55.9 Å². The van der Waals surface area contributed by atoms with Crippen LogP contribution in [0.15, 0.2) is 42.5 Å². The minimum Gasteiger partial charge on any atom is -0.319 e. The van der Waals surface area contributed by atoms with E-state index in [9.17, 15) is 14.4 Å². The van der Waals surface area contributed by atoms with Gasteiger partial charge in [0.2, 0.25) is 0 Å². The molecule has 1 N–H and O–H groups in total. The van der Waals surface area contributed by atoms with Gasteiger partial charge in [0.15, 0.2) is 5.78 Å². The molecule has 0 radical (unpaired) electrons. The zero-order valence-electron chi connectivity index (χ0n) is 15.5. The highest BCUT2D eigenvalue weighted by atomic mass is 16.2. The molecule has 138 valence electrons. The summed E-state index contributed by atoms with van der Waals surface area (Å²) in [5.41, 5.74) is 3.67. The topological polar surface area (TPSA) is 66.5 Å². The fourth-order valence-corrected chi connectivity index (χ4v) is 3.90. The van der Waals surface area contributed by atoms with Gasteiger partial charge in [-0.15, -0.1) is 0 Å². The molecule has 1 fully saturated rings. The SMILES string of the molecule is Cc1ccc([C@]2(C)NC(=O)N(CC(=O)c3ccc4c(c3)CCC4)C2=O)cc1. The first-order chi connectivity index (χ1) is 12.9. The highest BCUT2D eigenvalue weighted by Gasteiger charge is 2.49. The predicted octanol–water partition coefficient (Wildman–Crippen LogP) is 3.13. The molecule has 4 rings (SSSR count). The van der Waals surface area contributed by atoms with Crippen LogP contribution in [0.2, 0.25) is 0 Å². The van der Waals surface area contributed by atoms with Gasteiger partial charge in [0.05, 0.1) is 6.54 Å². The largest absolute Gasteiger partial charge is 0.325 e. The number of rotatable bonds is 4. The van der Waals surface area contributed by atoms with Crippen molar-refractivity contribution in [3.8, 4) is 0 Å². The first kappa shape index (κ1) is 17.5. The van der Waals surface area contributed by atoms with Crippen molar-refractivity contribution in [3.05, 3.63) is 70.3 Å². The van der Waals surface area contributed by atoms with E-state index in [0.29, 0.717) is 11.1 Å². The van der Waals surface area contributed by atoms with E-state index < -0.39 is 17.5 Å². The van der Waals surface area contributed by atoms with E-state index >= 15 is 0 Å². The number of carbonyl (C=O) groups excluding carboxylic acids is 3.